The molecule has 186 valence electrons. The molecule has 2 N–H and O–H groups in total. The zero-order valence-corrected chi connectivity index (χ0v) is 20.5. The quantitative estimate of drug-likeness (QED) is 0.489. The van der Waals surface area contributed by atoms with E-state index in [9.17, 15) is 14.4 Å². The van der Waals surface area contributed by atoms with Crippen molar-refractivity contribution in [3.8, 4) is 5.75 Å². The van der Waals surface area contributed by atoms with Gasteiger partial charge in [-0.3, -0.25) is 14.4 Å². The van der Waals surface area contributed by atoms with Crippen LogP contribution in [0.5, 0.6) is 5.75 Å². The molecule has 0 aromatic heterocycles. The van der Waals surface area contributed by atoms with Gasteiger partial charge in [0.2, 0.25) is 11.8 Å². The topological polar surface area (TPSA) is 91.0 Å². The third-order valence-electron chi connectivity index (χ3n) is 6.62. The van der Waals surface area contributed by atoms with Crippen LogP contribution in [-0.4, -0.2) is 66.3 Å². The van der Waals surface area contributed by atoms with E-state index in [1.165, 1.54) is 0 Å². The lowest BCUT2D eigenvalue weighted by Crippen LogP contribution is -2.43. The summed E-state index contributed by atoms with van der Waals surface area (Å²) in [5, 5.41) is 5.58. The van der Waals surface area contributed by atoms with Crippen LogP contribution in [0.25, 0.3) is 0 Å². The lowest BCUT2D eigenvalue weighted by atomic mass is 10.0. The molecule has 2 aliphatic rings. The van der Waals surface area contributed by atoms with Gasteiger partial charge in [0.05, 0.1) is 6.54 Å². The maximum atomic E-state index is 13.0. The van der Waals surface area contributed by atoms with E-state index in [2.05, 4.69) is 29.4 Å². The monoisotopic (exact) mass is 478 g/mol. The first-order valence-corrected chi connectivity index (χ1v) is 12.4. The summed E-state index contributed by atoms with van der Waals surface area (Å²) in [6, 6.07) is 14.2. The fourth-order valence-corrected chi connectivity index (χ4v) is 4.47. The van der Waals surface area contributed by atoms with Crippen LogP contribution in [0.2, 0.25) is 0 Å². The van der Waals surface area contributed by atoms with Crippen LogP contribution in [0.3, 0.4) is 0 Å². The highest BCUT2D eigenvalue weighted by Gasteiger charge is 2.47. The minimum absolute atomic E-state index is 0.0951. The van der Waals surface area contributed by atoms with Gasteiger partial charge < -0.3 is 25.2 Å². The van der Waals surface area contributed by atoms with Crippen molar-refractivity contribution in [2.45, 2.75) is 45.3 Å². The highest BCUT2D eigenvalue weighted by Crippen LogP contribution is 2.41. The van der Waals surface area contributed by atoms with Crippen molar-refractivity contribution in [1.82, 2.24) is 20.4 Å². The summed E-state index contributed by atoms with van der Waals surface area (Å²) >= 11 is 0. The molecule has 8 nitrogen and oxygen atoms in total. The molecule has 1 heterocycles. The van der Waals surface area contributed by atoms with Crippen LogP contribution in [0.4, 0.5) is 0 Å². The second kappa shape index (κ2) is 11.4. The molecule has 4 rings (SSSR count). The molecule has 8 heteroatoms. The van der Waals surface area contributed by atoms with Gasteiger partial charge in [-0.15, -0.1) is 0 Å². The van der Waals surface area contributed by atoms with Crippen molar-refractivity contribution < 1.29 is 19.1 Å². The zero-order chi connectivity index (χ0) is 24.8. The number of nitrogens with one attached hydrogen (secondary N) is 2. The molecular formula is C27H34N4O4. The zero-order valence-electron chi connectivity index (χ0n) is 20.5. The number of hydrogen-bond donors (Lipinski definition) is 2. The third-order valence-corrected chi connectivity index (χ3v) is 6.62. The largest absolute Gasteiger partial charge is 0.492 e. The Kier molecular flexibility index (Phi) is 8.02. The Morgan fingerprint density at radius 2 is 1.74 bits per heavy atom. The molecule has 1 saturated carbocycles. The van der Waals surface area contributed by atoms with E-state index in [4.69, 9.17) is 4.74 Å². The van der Waals surface area contributed by atoms with Gasteiger partial charge in [0, 0.05) is 30.3 Å². The number of rotatable bonds is 12. The van der Waals surface area contributed by atoms with Crippen molar-refractivity contribution in [3.63, 3.8) is 0 Å². The minimum atomic E-state index is -0.682. The van der Waals surface area contributed by atoms with Crippen LogP contribution in [-0.2, 0) is 16.1 Å². The number of fused-ring (bicyclic) bond motifs is 1. The van der Waals surface area contributed by atoms with E-state index < -0.39 is 6.04 Å². The summed E-state index contributed by atoms with van der Waals surface area (Å²) in [6.07, 6.45) is 1.81. The van der Waals surface area contributed by atoms with Gasteiger partial charge in [0.25, 0.3) is 5.91 Å². The summed E-state index contributed by atoms with van der Waals surface area (Å²) in [6.45, 7) is 7.75. The molecule has 0 spiro atoms. The van der Waals surface area contributed by atoms with Crippen molar-refractivity contribution >= 4 is 17.7 Å². The first-order valence-electron chi connectivity index (χ1n) is 12.4. The van der Waals surface area contributed by atoms with Gasteiger partial charge in [0.1, 0.15) is 18.4 Å². The fourth-order valence-electron chi connectivity index (χ4n) is 4.47. The summed E-state index contributed by atoms with van der Waals surface area (Å²) in [4.78, 5) is 42.3. The van der Waals surface area contributed by atoms with E-state index in [1.807, 2.05) is 36.4 Å². The molecule has 0 saturated heterocycles. The molecule has 1 aliphatic carbocycles. The van der Waals surface area contributed by atoms with Gasteiger partial charge in [-0.2, -0.15) is 0 Å². The second-order valence-corrected chi connectivity index (χ2v) is 8.91. The van der Waals surface area contributed by atoms with Crippen LogP contribution in [0, 0.1) is 0 Å². The second-order valence-electron chi connectivity index (χ2n) is 8.91. The summed E-state index contributed by atoms with van der Waals surface area (Å²) in [5.74, 6) is 0.00723. The smallest absolute Gasteiger partial charge is 0.255 e. The Morgan fingerprint density at radius 3 is 2.49 bits per heavy atom. The van der Waals surface area contributed by atoms with Gasteiger partial charge in [-0.05, 0) is 43.6 Å². The number of hydrogen-bond acceptors (Lipinski definition) is 5. The maximum Gasteiger partial charge on any atom is 0.255 e. The Hall–Kier alpha value is -3.39. The Bertz CT molecular complexity index is 1060. The standard InChI is InChI=1S/C27H34N4O4/c1-3-30(4-2)15-16-35-23-12-8-5-9-19(23)17-28-24(32)18-29-26(33)25-21-10-6-7-11-22(21)27(34)31(25)20-13-14-20/h5-12,20,25H,3-4,13-18H2,1-2H3,(H,28,32)(H,29,33). The average Bonchev–Trinajstić information content (AvgIpc) is 3.68. The SMILES string of the molecule is CCN(CC)CCOc1ccccc1CNC(=O)CNC(=O)C1c2ccccc2C(=O)N1C1CC1. The number of amides is 3. The third kappa shape index (κ3) is 5.82. The van der Waals surface area contributed by atoms with Crippen molar-refractivity contribution in [3.05, 3.63) is 65.2 Å². The molecule has 3 amide bonds. The highest BCUT2D eigenvalue weighted by molar-refractivity contribution is 6.05. The molecule has 1 aliphatic heterocycles. The average molecular weight is 479 g/mol. The number of para-hydroxylation sites is 1. The Morgan fingerprint density at radius 1 is 1.03 bits per heavy atom. The molecular weight excluding hydrogens is 444 g/mol. The first kappa shape index (κ1) is 24.7. The normalized spacial score (nSPS) is 16.8. The molecule has 1 unspecified atom stereocenters. The molecule has 1 atom stereocenters. The number of benzene rings is 2. The molecule has 0 radical (unpaired) electrons. The lowest BCUT2D eigenvalue weighted by Gasteiger charge is -2.24. The molecule has 0 bridgehead atoms. The number of carbonyl (C=O) groups is 3. The van der Waals surface area contributed by atoms with Crippen LogP contribution in [0.15, 0.2) is 48.5 Å². The van der Waals surface area contributed by atoms with Gasteiger partial charge in [0.15, 0.2) is 0 Å². The van der Waals surface area contributed by atoms with Gasteiger partial charge in [-0.1, -0.05) is 50.2 Å². The van der Waals surface area contributed by atoms with Gasteiger partial charge >= 0.3 is 0 Å². The van der Waals surface area contributed by atoms with E-state index in [0.29, 0.717) is 24.3 Å². The number of carbonyl (C=O) groups excluding carboxylic acids is 3. The van der Waals surface area contributed by atoms with Crippen molar-refractivity contribution in [1.29, 1.82) is 0 Å². The van der Waals surface area contributed by atoms with E-state index in [0.717, 1.165) is 43.8 Å². The Labute approximate surface area is 206 Å². The molecule has 35 heavy (non-hydrogen) atoms. The van der Waals surface area contributed by atoms with Crippen LogP contribution >= 0.6 is 0 Å². The number of likely N-dealkylation sites (N-methyl/N-ethyl adjacent to an activating group) is 1. The van der Waals surface area contributed by atoms with Crippen molar-refractivity contribution in [2.24, 2.45) is 0 Å². The van der Waals surface area contributed by atoms with E-state index >= 15 is 0 Å². The lowest BCUT2D eigenvalue weighted by molar-refractivity contribution is -0.129. The van der Waals surface area contributed by atoms with Crippen molar-refractivity contribution in [2.75, 3.05) is 32.8 Å². The number of ether oxygens (including phenoxy) is 1. The van der Waals surface area contributed by atoms with Gasteiger partial charge in [-0.25, -0.2) is 0 Å². The number of nitrogens with zero attached hydrogens (tertiary/aromatic N) is 2. The summed E-state index contributed by atoms with van der Waals surface area (Å²) < 4.78 is 5.95. The van der Waals surface area contributed by atoms with Crippen LogP contribution in [0.1, 0.15) is 54.2 Å². The molecule has 2 aromatic rings. The molecule has 1 fully saturated rings. The fraction of sp³-hybridized carbons (Fsp3) is 0.444. The first-order chi connectivity index (χ1) is 17.0. The molecule has 2 aromatic carbocycles. The minimum Gasteiger partial charge on any atom is -0.492 e. The maximum absolute atomic E-state index is 13.0. The Balaban J connectivity index is 1.29. The van der Waals surface area contributed by atoms with E-state index in [-0.39, 0.29) is 30.3 Å². The van der Waals surface area contributed by atoms with Crippen LogP contribution < -0.4 is 15.4 Å². The van der Waals surface area contributed by atoms with E-state index in [1.54, 1.807) is 17.0 Å². The predicted molar refractivity (Wildman–Crippen MR) is 133 cm³/mol. The predicted octanol–water partition coefficient (Wildman–Crippen LogP) is 2.50. The summed E-state index contributed by atoms with van der Waals surface area (Å²) in [5.41, 5.74) is 2.15. The summed E-state index contributed by atoms with van der Waals surface area (Å²) in [7, 11) is 0. The highest BCUT2D eigenvalue weighted by atomic mass is 16.5.